The maximum Gasteiger partial charge on any atom is 0.230 e. The third-order valence-electron chi connectivity index (χ3n) is 5.84. The van der Waals surface area contributed by atoms with E-state index in [-0.39, 0.29) is 23.4 Å². The number of fused-ring (bicyclic) bond motifs is 1. The Morgan fingerprint density at radius 2 is 1.85 bits per heavy atom. The zero-order valence-electron chi connectivity index (χ0n) is 18.0. The molecule has 1 aliphatic rings. The molecule has 0 N–H and O–H groups in total. The first kappa shape index (κ1) is 20.7. The molecule has 0 atom stereocenters. The van der Waals surface area contributed by atoms with Gasteiger partial charge in [-0.3, -0.25) is 4.68 Å². The molecule has 34 heavy (non-hydrogen) atoms. The van der Waals surface area contributed by atoms with Crippen LogP contribution in [0.25, 0.3) is 45.1 Å². The third-order valence-corrected chi connectivity index (χ3v) is 7.63. The van der Waals surface area contributed by atoms with Gasteiger partial charge in [0.2, 0.25) is 5.71 Å². The summed E-state index contributed by atoms with van der Waals surface area (Å²) in [6.07, 6.45) is 3.20. The van der Waals surface area contributed by atoms with Crippen LogP contribution >= 0.6 is 0 Å². The zero-order valence-corrected chi connectivity index (χ0v) is 18.8. The lowest BCUT2D eigenvalue weighted by molar-refractivity contribution is 0.474. The molecule has 4 aromatic heterocycles. The molecular formula is C24H18FN5O3S. The number of sulfone groups is 1. The Labute approximate surface area is 194 Å². The smallest absolute Gasteiger partial charge is 0.230 e. The Morgan fingerprint density at radius 1 is 1.06 bits per heavy atom. The summed E-state index contributed by atoms with van der Waals surface area (Å²) in [6.45, 7) is 1.90. The Kier molecular flexibility index (Phi) is 4.59. The maximum atomic E-state index is 13.6. The molecule has 170 valence electrons. The van der Waals surface area contributed by atoms with Crippen LogP contribution in [0.5, 0.6) is 0 Å². The highest BCUT2D eigenvalue weighted by atomic mass is 32.2. The largest absolute Gasteiger partial charge is 0.436 e. The van der Waals surface area contributed by atoms with Gasteiger partial charge in [0.05, 0.1) is 28.6 Å². The Hall–Kier alpha value is -3.92. The van der Waals surface area contributed by atoms with Crippen molar-refractivity contribution in [3.8, 4) is 34.0 Å². The van der Waals surface area contributed by atoms with Gasteiger partial charge in [0.1, 0.15) is 23.5 Å². The average Bonchev–Trinajstić information content (AvgIpc) is 3.43. The highest BCUT2D eigenvalue weighted by molar-refractivity contribution is 7.92. The number of hydrogen-bond acceptors (Lipinski definition) is 7. The van der Waals surface area contributed by atoms with Crippen molar-refractivity contribution in [2.24, 2.45) is 0 Å². The number of aryl methyl sites for hydroxylation is 1. The molecule has 0 unspecified atom stereocenters. The van der Waals surface area contributed by atoms with E-state index in [1.54, 1.807) is 23.0 Å². The van der Waals surface area contributed by atoms with Gasteiger partial charge >= 0.3 is 0 Å². The van der Waals surface area contributed by atoms with Crippen LogP contribution in [-0.4, -0.2) is 44.7 Å². The van der Waals surface area contributed by atoms with E-state index < -0.39 is 9.84 Å². The maximum absolute atomic E-state index is 13.6. The zero-order chi connectivity index (χ0) is 23.4. The third kappa shape index (κ3) is 3.56. The molecule has 0 bridgehead atoms. The van der Waals surface area contributed by atoms with Gasteiger partial charge in [0, 0.05) is 23.0 Å². The normalized spacial score (nSPS) is 15.5. The van der Waals surface area contributed by atoms with Gasteiger partial charge in [0.25, 0.3) is 0 Å². The van der Waals surface area contributed by atoms with Crippen LogP contribution in [-0.2, 0) is 9.84 Å². The second kappa shape index (κ2) is 7.56. The number of hydrogen-bond donors (Lipinski definition) is 0. The van der Waals surface area contributed by atoms with E-state index in [1.807, 2.05) is 31.2 Å². The molecule has 0 aliphatic carbocycles. The van der Waals surface area contributed by atoms with E-state index in [2.05, 4.69) is 20.1 Å². The summed E-state index contributed by atoms with van der Waals surface area (Å²) >= 11 is 0. The van der Waals surface area contributed by atoms with Crippen molar-refractivity contribution >= 4 is 20.9 Å². The first-order valence-electron chi connectivity index (χ1n) is 10.6. The van der Waals surface area contributed by atoms with Gasteiger partial charge in [0.15, 0.2) is 15.6 Å². The number of nitrogens with zero attached hydrogens (tertiary/aromatic N) is 5. The fourth-order valence-corrected chi connectivity index (χ4v) is 5.52. The van der Waals surface area contributed by atoms with Gasteiger partial charge < -0.3 is 4.42 Å². The number of pyridine rings is 1. The molecule has 5 aromatic rings. The summed E-state index contributed by atoms with van der Waals surface area (Å²) < 4.78 is 44.7. The average molecular weight is 476 g/mol. The minimum Gasteiger partial charge on any atom is -0.436 e. The van der Waals surface area contributed by atoms with Gasteiger partial charge in [-0.05, 0) is 49.4 Å². The van der Waals surface area contributed by atoms with Crippen LogP contribution in [0.2, 0.25) is 0 Å². The van der Waals surface area contributed by atoms with Crippen molar-refractivity contribution in [1.29, 1.82) is 0 Å². The molecule has 1 aromatic carbocycles. The fourth-order valence-electron chi connectivity index (χ4n) is 4.14. The van der Waals surface area contributed by atoms with Gasteiger partial charge in [-0.25, -0.2) is 27.8 Å². The quantitative estimate of drug-likeness (QED) is 0.383. The van der Waals surface area contributed by atoms with E-state index in [4.69, 9.17) is 4.42 Å². The molecule has 5 heterocycles. The first-order chi connectivity index (χ1) is 16.4. The summed E-state index contributed by atoms with van der Waals surface area (Å²) in [5.41, 5.74) is 4.45. The van der Waals surface area contributed by atoms with Crippen molar-refractivity contribution in [3.63, 3.8) is 0 Å². The molecule has 10 heteroatoms. The Morgan fingerprint density at radius 3 is 2.59 bits per heavy atom. The molecule has 1 aliphatic heterocycles. The van der Waals surface area contributed by atoms with E-state index in [9.17, 15) is 12.8 Å². The number of benzene rings is 1. The van der Waals surface area contributed by atoms with Crippen molar-refractivity contribution < 1.29 is 17.2 Å². The molecule has 6 rings (SSSR count). The topological polar surface area (TPSA) is 104 Å². The van der Waals surface area contributed by atoms with Crippen LogP contribution in [0.1, 0.15) is 11.7 Å². The summed E-state index contributed by atoms with van der Waals surface area (Å²) in [7, 11) is -3.04. The minimum absolute atomic E-state index is 0.0328. The SMILES string of the molecule is Cc1cccc(-c2cc3c(-c4cn(C5CS(=O)(=O)C5)nc4-c4ccc(F)cc4)ncnc3o2)n1. The second-order valence-electron chi connectivity index (χ2n) is 8.32. The molecule has 0 spiro atoms. The summed E-state index contributed by atoms with van der Waals surface area (Å²) in [5, 5.41) is 5.36. The van der Waals surface area contributed by atoms with E-state index >= 15 is 0 Å². The minimum atomic E-state index is -3.04. The van der Waals surface area contributed by atoms with Crippen molar-refractivity contribution in [1.82, 2.24) is 24.7 Å². The van der Waals surface area contributed by atoms with Crippen LogP contribution < -0.4 is 0 Å². The fraction of sp³-hybridized carbons (Fsp3) is 0.167. The van der Waals surface area contributed by atoms with E-state index in [1.165, 1.54) is 18.5 Å². The summed E-state index contributed by atoms with van der Waals surface area (Å²) in [4.78, 5) is 13.3. The monoisotopic (exact) mass is 475 g/mol. The highest BCUT2D eigenvalue weighted by Crippen LogP contribution is 2.38. The molecule has 8 nitrogen and oxygen atoms in total. The standard InChI is InChI=1S/C24H18FN5O3S/c1-14-3-2-4-20(28-14)21-9-18-23(26-13-27-24(18)33-21)19-10-30(17-11-34(31,32)12-17)29-22(19)15-5-7-16(25)8-6-15/h2-10,13,17H,11-12H2,1H3. The lowest BCUT2D eigenvalue weighted by Crippen LogP contribution is -2.38. The number of furan rings is 1. The lowest BCUT2D eigenvalue weighted by atomic mass is 10.0. The van der Waals surface area contributed by atoms with Gasteiger partial charge in [-0.15, -0.1) is 0 Å². The van der Waals surface area contributed by atoms with Crippen LogP contribution in [0, 0.1) is 12.7 Å². The van der Waals surface area contributed by atoms with Gasteiger partial charge in [-0.1, -0.05) is 6.07 Å². The van der Waals surface area contributed by atoms with Crippen molar-refractivity contribution in [2.45, 2.75) is 13.0 Å². The van der Waals surface area contributed by atoms with Crippen LogP contribution in [0.4, 0.5) is 4.39 Å². The predicted molar refractivity (Wildman–Crippen MR) is 124 cm³/mol. The molecule has 0 amide bonds. The van der Waals surface area contributed by atoms with Crippen molar-refractivity contribution in [2.75, 3.05) is 11.5 Å². The highest BCUT2D eigenvalue weighted by Gasteiger charge is 2.36. The van der Waals surface area contributed by atoms with Crippen molar-refractivity contribution in [3.05, 3.63) is 72.6 Å². The predicted octanol–water partition coefficient (Wildman–Crippen LogP) is 4.23. The molecular weight excluding hydrogens is 457 g/mol. The molecule has 0 radical (unpaired) electrons. The molecule has 0 saturated carbocycles. The number of aromatic nitrogens is 5. The summed E-state index contributed by atoms with van der Waals surface area (Å²) in [6, 6.07) is 13.2. The van der Waals surface area contributed by atoms with E-state index in [0.29, 0.717) is 45.1 Å². The van der Waals surface area contributed by atoms with Crippen LogP contribution in [0.15, 0.2) is 65.5 Å². The van der Waals surface area contributed by atoms with Crippen LogP contribution in [0.3, 0.4) is 0 Å². The number of halogens is 1. The summed E-state index contributed by atoms with van der Waals surface area (Å²) in [5.74, 6) is 0.265. The van der Waals surface area contributed by atoms with Gasteiger partial charge in [-0.2, -0.15) is 5.10 Å². The molecule has 1 fully saturated rings. The first-order valence-corrected chi connectivity index (χ1v) is 12.4. The van der Waals surface area contributed by atoms with E-state index in [0.717, 1.165) is 5.69 Å². The Bertz CT molecular complexity index is 1650. The Balaban J connectivity index is 1.52. The molecule has 1 saturated heterocycles. The second-order valence-corrected chi connectivity index (χ2v) is 10.5. The lowest BCUT2D eigenvalue weighted by Gasteiger charge is -2.25. The number of rotatable bonds is 4.